The summed E-state index contributed by atoms with van der Waals surface area (Å²) in [5.41, 5.74) is 0.277. The van der Waals surface area contributed by atoms with E-state index in [1.165, 1.54) is 52.4 Å². The van der Waals surface area contributed by atoms with E-state index in [1.807, 2.05) is 17.5 Å². The van der Waals surface area contributed by atoms with Crippen LogP contribution >= 0.6 is 11.3 Å². The van der Waals surface area contributed by atoms with E-state index in [2.05, 4.69) is 10.1 Å². The molecule has 1 aliphatic heterocycles. The fourth-order valence-corrected chi connectivity index (χ4v) is 5.10. The van der Waals surface area contributed by atoms with Gasteiger partial charge in [0.15, 0.2) is 5.65 Å². The average molecular weight is 508 g/mol. The second kappa shape index (κ2) is 9.50. The number of nitrogens with zero attached hydrogens (tertiary/aromatic N) is 5. The molecule has 0 bridgehead atoms. The van der Waals surface area contributed by atoms with Gasteiger partial charge in [-0.25, -0.2) is 23.7 Å². The van der Waals surface area contributed by atoms with E-state index in [1.54, 1.807) is 19.1 Å². The summed E-state index contributed by atoms with van der Waals surface area (Å²) < 4.78 is 21.1. The summed E-state index contributed by atoms with van der Waals surface area (Å²) in [5.74, 6) is -0.670. The summed E-state index contributed by atoms with van der Waals surface area (Å²) in [6.07, 6.45) is 1.88. The summed E-state index contributed by atoms with van der Waals surface area (Å²) in [6.45, 7) is 1.47. The normalized spacial score (nSPS) is 15.4. The SMILES string of the molecule is CCn1c(=O)n(CC(=O)N2N=C(c3cccs3)CC2c2ccc(F)cc2)c(=O)c2c(OC)ccnc21. The molecule has 0 aliphatic carbocycles. The zero-order valence-corrected chi connectivity index (χ0v) is 20.4. The van der Waals surface area contributed by atoms with Crippen molar-refractivity contribution >= 4 is 34.0 Å². The fourth-order valence-electron chi connectivity index (χ4n) is 4.38. The van der Waals surface area contributed by atoms with Crippen molar-refractivity contribution in [2.45, 2.75) is 32.5 Å². The molecule has 1 aliphatic rings. The summed E-state index contributed by atoms with van der Waals surface area (Å²) >= 11 is 1.49. The first-order valence-electron chi connectivity index (χ1n) is 11.3. The van der Waals surface area contributed by atoms with Gasteiger partial charge in [-0.15, -0.1) is 11.3 Å². The van der Waals surface area contributed by atoms with Crippen LogP contribution in [0.1, 0.15) is 29.8 Å². The molecule has 0 saturated heterocycles. The van der Waals surface area contributed by atoms with Crippen molar-refractivity contribution < 1.29 is 13.9 Å². The van der Waals surface area contributed by atoms with Gasteiger partial charge in [-0.3, -0.25) is 14.2 Å². The first-order valence-corrected chi connectivity index (χ1v) is 12.2. The third-order valence-corrected chi connectivity index (χ3v) is 7.04. The van der Waals surface area contributed by atoms with Crippen LogP contribution in [0.5, 0.6) is 5.75 Å². The van der Waals surface area contributed by atoms with Crippen molar-refractivity contribution in [1.29, 1.82) is 0 Å². The Hall–Kier alpha value is -4.12. The number of ether oxygens (including phenoxy) is 1. The van der Waals surface area contributed by atoms with E-state index < -0.39 is 29.7 Å². The molecule has 9 nitrogen and oxygen atoms in total. The number of aryl methyl sites for hydroxylation is 1. The molecule has 4 heterocycles. The van der Waals surface area contributed by atoms with Gasteiger partial charge in [0.2, 0.25) is 0 Å². The minimum Gasteiger partial charge on any atom is -0.496 e. The number of amides is 1. The minimum absolute atomic E-state index is 0.119. The number of methoxy groups -OCH3 is 1. The molecule has 36 heavy (non-hydrogen) atoms. The molecule has 3 aromatic heterocycles. The molecule has 0 fully saturated rings. The Kier molecular flexibility index (Phi) is 6.23. The molecule has 0 N–H and O–H groups in total. The summed E-state index contributed by atoms with van der Waals surface area (Å²) in [7, 11) is 1.42. The maximum atomic E-state index is 13.6. The Bertz CT molecular complexity index is 1590. The number of fused-ring (bicyclic) bond motifs is 1. The zero-order valence-electron chi connectivity index (χ0n) is 19.6. The second-order valence-electron chi connectivity index (χ2n) is 8.16. The van der Waals surface area contributed by atoms with E-state index in [9.17, 15) is 18.8 Å². The number of hydrazone groups is 1. The van der Waals surface area contributed by atoms with Gasteiger partial charge in [-0.2, -0.15) is 5.10 Å². The van der Waals surface area contributed by atoms with Crippen LogP contribution in [0.15, 0.2) is 68.7 Å². The van der Waals surface area contributed by atoms with E-state index in [0.717, 1.165) is 9.44 Å². The summed E-state index contributed by atoms with van der Waals surface area (Å²) in [6, 6.07) is 10.7. The maximum Gasteiger partial charge on any atom is 0.333 e. The van der Waals surface area contributed by atoms with Crippen molar-refractivity contribution in [2.75, 3.05) is 7.11 Å². The number of pyridine rings is 1. The van der Waals surface area contributed by atoms with Crippen LogP contribution in [0, 0.1) is 5.82 Å². The van der Waals surface area contributed by atoms with Crippen LogP contribution in [0.3, 0.4) is 0 Å². The highest BCUT2D eigenvalue weighted by atomic mass is 32.1. The van der Waals surface area contributed by atoms with Crippen molar-refractivity contribution in [3.8, 4) is 5.75 Å². The lowest BCUT2D eigenvalue weighted by atomic mass is 10.0. The van der Waals surface area contributed by atoms with Crippen LogP contribution in [-0.4, -0.2) is 37.9 Å². The zero-order chi connectivity index (χ0) is 25.4. The monoisotopic (exact) mass is 507 g/mol. The Labute approximate surface area is 208 Å². The lowest BCUT2D eigenvalue weighted by molar-refractivity contribution is -0.133. The topological polar surface area (TPSA) is 98.8 Å². The van der Waals surface area contributed by atoms with Crippen molar-refractivity contribution in [2.24, 2.45) is 5.10 Å². The van der Waals surface area contributed by atoms with Crippen LogP contribution in [0.4, 0.5) is 4.39 Å². The van der Waals surface area contributed by atoms with E-state index in [4.69, 9.17) is 4.74 Å². The standard InChI is InChI=1S/C25H22FN5O4S/c1-3-29-23-22(19(35-2)10-11-27-23)24(33)30(25(29)34)14-21(32)31-18(15-6-8-16(26)9-7-15)13-17(28-31)20-5-4-12-36-20/h4-12,18H,3,13-14H2,1-2H3. The summed E-state index contributed by atoms with van der Waals surface area (Å²) in [5, 5.41) is 7.88. The van der Waals surface area contributed by atoms with Gasteiger partial charge in [0.05, 0.1) is 23.7 Å². The highest BCUT2D eigenvalue weighted by Crippen LogP contribution is 2.34. The quantitative estimate of drug-likeness (QED) is 0.399. The van der Waals surface area contributed by atoms with Gasteiger partial charge in [0.25, 0.3) is 11.5 Å². The number of carbonyl (C=O) groups is 1. The predicted octanol–water partition coefficient (Wildman–Crippen LogP) is 3.17. The van der Waals surface area contributed by atoms with E-state index in [-0.39, 0.29) is 29.1 Å². The fraction of sp³-hybridized carbons (Fsp3) is 0.240. The molecule has 0 spiro atoms. The molecule has 184 valence electrons. The Morgan fingerprint density at radius 2 is 1.94 bits per heavy atom. The molecule has 1 unspecified atom stereocenters. The first kappa shape index (κ1) is 23.6. The second-order valence-corrected chi connectivity index (χ2v) is 9.11. The third kappa shape index (κ3) is 4.01. The Morgan fingerprint density at radius 1 is 1.17 bits per heavy atom. The minimum atomic E-state index is -0.669. The van der Waals surface area contributed by atoms with Gasteiger partial charge in [-0.1, -0.05) is 18.2 Å². The number of aromatic nitrogens is 3. The molecule has 1 atom stereocenters. The van der Waals surface area contributed by atoms with Gasteiger partial charge in [0, 0.05) is 19.2 Å². The largest absolute Gasteiger partial charge is 0.496 e. The van der Waals surface area contributed by atoms with Crippen molar-refractivity contribution in [3.05, 3.63) is 91.1 Å². The van der Waals surface area contributed by atoms with E-state index in [0.29, 0.717) is 17.7 Å². The lowest BCUT2D eigenvalue weighted by Gasteiger charge is -2.22. The van der Waals surface area contributed by atoms with Gasteiger partial charge >= 0.3 is 5.69 Å². The van der Waals surface area contributed by atoms with Crippen molar-refractivity contribution in [1.82, 2.24) is 19.1 Å². The van der Waals surface area contributed by atoms with Gasteiger partial charge in [-0.05, 0) is 42.1 Å². The number of benzene rings is 1. The molecule has 5 rings (SSSR count). The molecule has 1 amide bonds. The molecule has 0 saturated carbocycles. The van der Waals surface area contributed by atoms with Gasteiger partial charge in [0.1, 0.15) is 23.5 Å². The predicted molar refractivity (Wildman–Crippen MR) is 134 cm³/mol. The number of halogens is 1. The molecular formula is C25H22FN5O4S. The van der Waals surface area contributed by atoms with Crippen LogP contribution in [0.25, 0.3) is 11.0 Å². The number of hydrogen-bond acceptors (Lipinski definition) is 7. The van der Waals surface area contributed by atoms with Crippen LogP contribution < -0.4 is 16.0 Å². The molecular weight excluding hydrogens is 485 g/mol. The molecule has 11 heteroatoms. The summed E-state index contributed by atoms with van der Waals surface area (Å²) in [4.78, 5) is 45.3. The van der Waals surface area contributed by atoms with Crippen LogP contribution in [-0.2, 0) is 17.9 Å². The highest BCUT2D eigenvalue weighted by Gasteiger charge is 2.34. The Balaban J connectivity index is 1.59. The van der Waals surface area contributed by atoms with Crippen LogP contribution in [0.2, 0.25) is 0 Å². The Morgan fingerprint density at radius 3 is 2.61 bits per heavy atom. The number of hydrogen-bond donors (Lipinski definition) is 0. The maximum absolute atomic E-state index is 13.6. The lowest BCUT2D eigenvalue weighted by Crippen LogP contribution is -2.44. The molecule has 4 aromatic rings. The van der Waals surface area contributed by atoms with Gasteiger partial charge < -0.3 is 4.74 Å². The molecule has 0 radical (unpaired) electrons. The average Bonchev–Trinajstić information content (AvgIpc) is 3.57. The smallest absolute Gasteiger partial charge is 0.333 e. The molecule has 1 aromatic carbocycles. The highest BCUT2D eigenvalue weighted by molar-refractivity contribution is 7.12. The third-order valence-electron chi connectivity index (χ3n) is 6.13. The number of carbonyl (C=O) groups excluding carboxylic acids is 1. The van der Waals surface area contributed by atoms with Crippen molar-refractivity contribution in [3.63, 3.8) is 0 Å². The van der Waals surface area contributed by atoms with E-state index >= 15 is 0 Å². The number of thiophene rings is 1. The first-order chi connectivity index (χ1) is 17.4. The number of rotatable bonds is 6.